The highest BCUT2D eigenvalue weighted by atomic mass is 16.5. The van der Waals surface area contributed by atoms with Gasteiger partial charge in [0, 0.05) is 18.6 Å². The molecule has 0 saturated heterocycles. The van der Waals surface area contributed by atoms with Crippen molar-refractivity contribution in [3.05, 3.63) is 72.6 Å². The van der Waals surface area contributed by atoms with Gasteiger partial charge in [-0.1, -0.05) is 0 Å². The summed E-state index contributed by atoms with van der Waals surface area (Å²) < 4.78 is 12.7. The number of pyridine rings is 2. The van der Waals surface area contributed by atoms with E-state index in [0.717, 1.165) is 5.69 Å². The molecular weight excluding hydrogens is 440 g/mol. The lowest BCUT2D eigenvalue weighted by Crippen LogP contribution is -2.08. The predicted octanol–water partition coefficient (Wildman–Crippen LogP) is 2.05. The molecular formula is C22H24N8O4. The van der Waals surface area contributed by atoms with Crippen LogP contribution in [0.4, 0.5) is 11.6 Å². The van der Waals surface area contributed by atoms with Crippen LogP contribution in [0.3, 0.4) is 0 Å². The molecule has 4 heterocycles. The highest BCUT2D eigenvalue weighted by Crippen LogP contribution is 2.17. The van der Waals surface area contributed by atoms with E-state index in [2.05, 4.69) is 20.2 Å². The van der Waals surface area contributed by atoms with Crippen molar-refractivity contribution in [1.82, 2.24) is 29.5 Å². The molecule has 0 fully saturated rings. The van der Waals surface area contributed by atoms with E-state index in [1.54, 1.807) is 56.8 Å². The molecule has 0 atom stereocenters. The summed E-state index contributed by atoms with van der Waals surface area (Å²) in [7, 11) is 0. The first kappa shape index (κ1) is 23.9. The SMILES string of the molecule is CCOC(=O)c1cn(-c2cccnc2)nc1N.CCOC(=O)c1cnn(-c2cccnc2)c1N. The van der Waals surface area contributed by atoms with E-state index in [9.17, 15) is 9.59 Å². The van der Waals surface area contributed by atoms with Crippen LogP contribution in [0.15, 0.2) is 61.4 Å². The minimum atomic E-state index is -0.472. The Morgan fingerprint density at radius 2 is 1.47 bits per heavy atom. The standard InChI is InChI=1S/2C11H12N4O2/c1-2-17-11(16)9-7-15(14-10(9)12)8-4-3-5-13-6-8;1-2-17-11(16)9-7-14-15(10(9)12)8-4-3-5-13-6-8/h3-7H,2H2,1H3,(H2,12,14);3-7H,2,12H2,1H3. The van der Waals surface area contributed by atoms with Crippen molar-refractivity contribution in [2.75, 3.05) is 24.7 Å². The van der Waals surface area contributed by atoms with E-state index in [1.165, 1.54) is 21.8 Å². The van der Waals surface area contributed by atoms with Crippen LogP contribution in [0, 0.1) is 0 Å². The van der Waals surface area contributed by atoms with Crippen molar-refractivity contribution in [2.45, 2.75) is 13.8 Å². The van der Waals surface area contributed by atoms with Crippen molar-refractivity contribution in [2.24, 2.45) is 0 Å². The molecule has 0 radical (unpaired) electrons. The maximum absolute atomic E-state index is 11.5. The molecule has 0 amide bonds. The summed E-state index contributed by atoms with van der Waals surface area (Å²) in [4.78, 5) is 31.0. The molecule has 12 heteroatoms. The van der Waals surface area contributed by atoms with E-state index >= 15 is 0 Å². The summed E-state index contributed by atoms with van der Waals surface area (Å²) in [6.07, 6.45) is 9.46. The van der Waals surface area contributed by atoms with Gasteiger partial charge in [0.2, 0.25) is 0 Å². The van der Waals surface area contributed by atoms with E-state index in [1.807, 2.05) is 6.07 Å². The summed E-state index contributed by atoms with van der Waals surface area (Å²) in [5.74, 6) is -0.552. The zero-order chi connectivity index (χ0) is 24.5. The third kappa shape index (κ3) is 5.54. The van der Waals surface area contributed by atoms with E-state index in [-0.39, 0.29) is 22.8 Å². The topological polar surface area (TPSA) is 166 Å². The van der Waals surface area contributed by atoms with Gasteiger partial charge >= 0.3 is 11.9 Å². The Kier molecular flexibility index (Phi) is 7.89. The quantitative estimate of drug-likeness (QED) is 0.403. The lowest BCUT2D eigenvalue weighted by molar-refractivity contribution is 0.0518. The zero-order valence-electron chi connectivity index (χ0n) is 18.7. The Morgan fingerprint density at radius 1 is 0.882 bits per heavy atom. The van der Waals surface area contributed by atoms with Crippen LogP contribution in [0.2, 0.25) is 0 Å². The van der Waals surface area contributed by atoms with Crippen molar-refractivity contribution in [3.8, 4) is 11.4 Å². The highest BCUT2D eigenvalue weighted by molar-refractivity contribution is 5.94. The van der Waals surface area contributed by atoms with Gasteiger partial charge in [-0.2, -0.15) is 5.10 Å². The van der Waals surface area contributed by atoms with E-state index < -0.39 is 11.9 Å². The van der Waals surface area contributed by atoms with Crippen molar-refractivity contribution in [1.29, 1.82) is 0 Å². The summed E-state index contributed by atoms with van der Waals surface area (Å²) in [5.41, 5.74) is 13.4. The van der Waals surface area contributed by atoms with Crippen LogP contribution >= 0.6 is 0 Å². The van der Waals surface area contributed by atoms with E-state index in [0.29, 0.717) is 18.9 Å². The smallest absolute Gasteiger partial charge is 0.343 e. The summed E-state index contributed by atoms with van der Waals surface area (Å²) >= 11 is 0. The van der Waals surface area contributed by atoms with Gasteiger partial charge in [0.15, 0.2) is 5.82 Å². The fraction of sp³-hybridized carbons (Fsp3) is 0.182. The Bertz CT molecular complexity index is 1220. The van der Waals surface area contributed by atoms with Crippen LogP contribution in [0.25, 0.3) is 11.4 Å². The summed E-state index contributed by atoms with van der Waals surface area (Å²) in [6, 6.07) is 7.15. The van der Waals surface area contributed by atoms with Crippen LogP contribution < -0.4 is 11.5 Å². The number of hydrogen-bond donors (Lipinski definition) is 2. The van der Waals surface area contributed by atoms with Crippen molar-refractivity contribution < 1.29 is 19.1 Å². The van der Waals surface area contributed by atoms with Crippen LogP contribution in [-0.4, -0.2) is 54.7 Å². The van der Waals surface area contributed by atoms with Crippen LogP contribution in [-0.2, 0) is 9.47 Å². The van der Waals surface area contributed by atoms with Crippen molar-refractivity contribution >= 4 is 23.6 Å². The number of carbonyl (C=O) groups excluding carboxylic acids is 2. The van der Waals surface area contributed by atoms with Crippen LogP contribution in [0.5, 0.6) is 0 Å². The first-order valence-corrected chi connectivity index (χ1v) is 10.3. The molecule has 4 aromatic rings. The average molecular weight is 464 g/mol. The fourth-order valence-corrected chi connectivity index (χ4v) is 2.78. The van der Waals surface area contributed by atoms with Crippen LogP contribution in [0.1, 0.15) is 34.6 Å². The van der Waals surface area contributed by atoms with Gasteiger partial charge in [0.25, 0.3) is 0 Å². The molecule has 0 aliphatic carbocycles. The molecule has 0 bridgehead atoms. The molecule has 12 nitrogen and oxygen atoms in total. The first-order valence-electron chi connectivity index (χ1n) is 10.3. The molecule has 0 aliphatic heterocycles. The fourth-order valence-electron chi connectivity index (χ4n) is 2.78. The molecule has 4 aromatic heterocycles. The highest BCUT2D eigenvalue weighted by Gasteiger charge is 2.17. The second kappa shape index (κ2) is 11.2. The summed E-state index contributed by atoms with van der Waals surface area (Å²) in [6.45, 7) is 4.08. The Labute approximate surface area is 195 Å². The Hall–Kier alpha value is -4.74. The van der Waals surface area contributed by atoms with Gasteiger partial charge in [-0.25, -0.2) is 19.0 Å². The van der Waals surface area contributed by atoms with Gasteiger partial charge in [0.05, 0.1) is 43.2 Å². The average Bonchev–Trinajstić information content (AvgIpc) is 3.44. The molecule has 34 heavy (non-hydrogen) atoms. The molecule has 4 N–H and O–H groups in total. The minimum absolute atomic E-state index is 0.146. The maximum Gasteiger partial charge on any atom is 0.343 e. The molecule has 0 unspecified atom stereocenters. The van der Waals surface area contributed by atoms with Gasteiger partial charge in [-0.3, -0.25) is 9.97 Å². The lowest BCUT2D eigenvalue weighted by atomic mass is 10.3. The lowest BCUT2D eigenvalue weighted by Gasteiger charge is -2.04. The number of ether oxygens (including phenoxy) is 2. The monoisotopic (exact) mass is 464 g/mol. The second-order valence-corrected chi connectivity index (χ2v) is 6.59. The molecule has 0 aromatic carbocycles. The number of rotatable bonds is 6. The first-order chi connectivity index (χ1) is 16.5. The third-order valence-electron chi connectivity index (χ3n) is 4.34. The third-order valence-corrected chi connectivity index (χ3v) is 4.34. The number of esters is 2. The number of nitrogen functional groups attached to an aromatic ring is 2. The zero-order valence-corrected chi connectivity index (χ0v) is 18.7. The van der Waals surface area contributed by atoms with Crippen molar-refractivity contribution in [3.63, 3.8) is 0 Å². The number of carbonyl (C=O) groups is 2. The number of hydrogen-bond acceptors (Lipinski definition) is 10. The minimum Gasteiger partial charge on any atom is -0.462 e. The number of nitrogens with zero attached hydrogens (tertiary/aromatic N) is 6. The maximum atomic E-state index is 11.5. The second-order valence-electron chi connectivity index (χ2n) is 6.59. The number of anilines is 2. The normalized spacial score (nSPS) is 10.2. The molecule has 0 saturated carbocycles. The molecule has 0 spiro atoms. The van der Waals surface area contributed by atoms with Gasteiger partial charge in [-0.05, 0) is 38.1 Å². The predicted molar refractivity (Wildman–Crippen MR) is 123 cm³/mol. The Balaban J connectivity index is 0.000000191. The van der Waals surface area contributed by atoms with Gasteiger partial charge < -0.3 is 20.9 Å². The largest absolute Gasteiger partial charge is 0.462 e. The number of nitrogens with two attached hydrogens (primary N) is 2. The molecule has 0 aliphatic rings. The summed E-state index contributed by atoms with van der Waals surface area (Å²) in [5, 5.41) is 8.08. The molecule has 4 rings (SSSR count). The van der Waals surface area contributed by atoms with Gasteiger partial charge in [0.1, 0.15) is 16.9 Å². The van der Waals surface area contributed by atoms with Gasteiger partial charge in [-0.15, -0.1) is 5.10 Å². The molecule has 176 valence electrons. The number of aromatic nitrogens is 6. The Morgan fingerprint density at radius 3 is 2.03 bits per heavy atom. The van der Waals surface area contributed by atoms with E-state index in [4.69, 9.17) is 20.9 Å².